The summed E-state index contributed by atoms with van der Waals surface area (Å²) in [5.41, 5.74) is 2.51. The third-order valence-corrected chi connectivity index (χ3v) is 5.46. The van der Waals surface area contributed by atoms with E-state index in [2.05, 4.69) is 0 Å². The summed E-state index contributed by atoms with van der Waals surface area (Å²) in [6.45, 7) is 7.64. The van der Waals surface area contributed by atoms with Crippen molar-refractivity contribution in [3.63, 3.8) is 0 Å². The van der Waals surface area contributed by atoms with Crippen molar-refractivity contribution in [1.82, 2.24) is 9.47 Å². The lowest BCUT2D eigenvalue weighted by Crippen LogP contribution is -2.44. The Hall–Kier alpha value is -3.09. The zero-order chi connectivity index (χ0) is 22.6. The Bertz CT molecular complexity index is 943. The van der Waals surface area contributed by atoms with Gasteiger partial charge in [-0.1, -0.05) is 6.92 Å². The zero-order valence-electron chi connectivity index (χ0n) is 18.7. The predicted octanol–water partition coefficient (Wildman–Crippen LogP) is 3.56. The summed E-state index contributed by atoms with van der Waals surface area (Å²) in [4.78, 5) is 40.3. The zero-order valence-corrected chi connectivity index (χ0v) is 18.7. The number of esters is 1. The number of carbonyl (C=O) groups excluding carboxylic acids is 3. The van der Waals surface area contributed by atoms with Gasteiger partial charge in [0.2, 0.25) is 0 Å². The summed E-state index contributed by atoms with van der Waals surface area (Å²) >= 11 is 0. The van der Waals surface area contributed by atoms with Crippen molar-refractivity contribution in [3.8, 4) is 5.75 Å². The predicted molar refractivity (Wildman–Crippen MR) is 114 cm³/mol. The number of rotatable bonds is 8. The molecule has 0 spiro atoms. The Kier molecular flexibility index (Phi) is 7.43. The molecule has 7 nitrogen and oxygen atoms in total. The van der Waals surface area contributed by atoms with Crippen LogP contribution in [0.2, 0.25) is 0 Å². The maximum absolute atomic E-state index is 13.4. The molecule has 1 atom stereocenters. The molecule has 162 valence electrons. The average molecular weight is 415 g/mol. The number of ether oxygens (including phenoxy) is 2. The highest BCUT2D eigenvalue weighted by atomic mass is 16.5. The molecule has 0 aliphatic heterocycles. The minimum atomic E-state index is -0.690. The van der Waals surface area contributed by atoms with E-state index in [9.17, 15) is 14.4 Å². The van der Waals surface area contributed by atoms with Crippen LogP contribution in [0.3, 0.4) is 0 Å². The molecule has 0 fully saturated rings. The lowest BCUT2D eigenvalue weighted by molar-refractivity contribution is 0.0588. The Morgan fingerprint density at radius 3 is 2.20 bits per heavy atom. The number of nitrogens with zero attached hydrogens (tertiary/aromatic N) is 2. The second kappa shape index (κ2) is 9.61. The molecule has 1 unspecified atom stereocenters. The van der Waals surface area contributed by atoms with E-state index in [1.807, 2.05) is 6.92 Å². The number of amides is 1. The van der Waals surface area contributed by atoms with Crippen molar-refractivity contribution in [2.24, 2.45) is 7.05 Å². The molecule has 7 heteroatoms. The fourth-order valence-electron chi connectivity index (χ4n) is 3.69. The van der Waals surface area contributed by atoms with Gasteiger partial charge in [0.15, 0.2) is 5.78 Å². The van der Waals surface area contributed by atoms with Gasteiger partial charge >= 0.3 is 5.97 Å². The normalized spacial score (nSPS) is 11.7. The van der Waals surface area contributed by atoms with Crippen molar-refractivity contribution >= 4 is 17.7 Å². The first-order valence-electron chi connectivity index (χ1n) is 9.92. The van der Waals surface area contributed by atoms with Gasteiger partial charge in [0, 0.05) is 30.4 Å². The van der Waals surface area contributed by atoms with E-state index in [4.69, 9.17) is 9.47 Å². The Labute approximate surface area is 177 Å². The van der Waals surface area contributed by atoms with E-state index in [1.54, 1.807) is 68.7 Å². The lowest BCUT2D eigenvalue weighted by atomic mass is 9.99. The molecule has 2 aromatic rings. The van der Waals surface area contributed by atoms with Crippen molar-refractivity contribution < 1.29 is 23.9 Å². The van der Waals surface area contributed by atoms with E-state index < -0.39 is 12.0 Å². The van der Waals surface area contributed by atoms with E-state index in [0.29, 0.717) is 46.8 Å². The van der Waals surface area contributed by atoms with Crippen molar-refractivity contribution in [2.75, 3.05) is 20.8 Å². The number of Topliss-reactive ketones (excluding diaryl/α,β-unsaturated/α-hetero) is 1. The topological polar surface area (TPSA) is 77.8 Å². The molecule has 0 N–H and O–H groups in total. The summed E-state index contributed by atoms with van der Waals surface area (Å²) < 4.78 is 11.7. The van der Waals surface area contributed by atoms with Gasteiger partial charge in [0.1, 0.15) is 11.4 Å². The largest absolute Gasteiger partial charge is 0.497 e. The van der Waals surface area contributed by atoms with E-state index in [-0.39, 0.29) is 11.7 Å². The molecule has 0 saturated heterocycles. The first-order chi connectivity index (χ1) is 14.2. The highest BCUT2D eigenvalue weighted by Crippen LogP contribution is 2.25. The van der Waals surface area contributed by atoms with Crippen molar-refractivity contribution in [2.45, 2.75) is 40.2 Å². The van der Waals surface area contributed by atoms with Crippen LogP contribution in [0.15, 0.2) is 24.3 Å². The lowest BCUT2D eigenvalue weighted by Gasteiger charge is -2.28. The molecular formula is C23H30N2O5. The molecule has 1 aromatic carbocycles. The van der Waals surface area contributed by atoms with Gasteiger partial charge < -0.3 is 18.9 Å². The summed E-state index contributed by atoms with van der Waals surface area (Å²) in [5.74, 6) is -0.265. The quantitative estimate of drug-likeness (QED) is 0.488. The maximum atomic E-state index is 13.4. The van der Waals surface area contributed by atoms with Crippen LogP contribution in [0.25, 0.3) is 0 Å². The van der Waals surface area contributed by atoms with Crippen LogP contribution in [-0.2, 0) is 11.8 Å². The molecule has 30 heavy (non-hydrogen) atoms. The Morgan fingerprint density at radius 2 is 1.70 bits per heavy atom. The summed E-state index contributed by atoms with van der Waals surface area (Å²) in [5, 5.41) is 0. The Balaban J connectivity index is 2.42. The molecule has 0 aliphatic carbocycles. The first kappa shape index (κ1) is 23.2. The van der Waals surface area contributed by atoms with Crippen LogP contribution in [-0.4, -0.2) is 53.9 Å². The Morgan fingerprint density at radius 1 is 1.10 bits per heavy atom. The molecule has 1 amide bonds. The van der Waals surface area contributed by atoms with Crippen LogP contribution >= 0.6 is 0 Å². The molecule has 0 saturated carbocycles. The first-order valence-corrected chi connectivity index (χ1v) is 9.92. The monoisotopic (exact) mass is 414 g/mol. The maximum Gasteiger partial charge on any atom is 0.354 e. The SMILES string of the molecule is CCCN(C(=O)c1ccc(OC)cc1)C(C)C(=O)c1c(C)c(C(=O)OC)n(C)c1C. The minimum Gasteiger partial charge on any atom is -0.497 e. The second-order valence-corrected chi connectivity index (χ2v) is 7.25. The number of carbonyl (C=O) groups is 3. The molecule has 0 radical (unpaired) electrons. The number of aromatic nitrogens is 1. The summed E-state index contributed by atoms with van der Waals surface area (Å²) in [6, 6.07) is 6.13. The van der Waals surface area contributed by atoms with Crippen molar-refractivity contribution in [1.29, 1.82) is 0 Å². The van der Waals surface area contributed by atoms with Crippen molar-refractivity contribution in [3.05, 3.63) is 52.3 Å². The second-order valence-electron chi connectivity index (χ2n) is 7.25. The molecule has 1 heterocycles. The fourth-order valence-corrected chi connectivity index (χ4v) is 3.69. The van der Waals surface area contributed by atoms with Crippen LogP contribution in [0.1, 0.15) is 62.7 Å². The smallest absolute Gasteiger partial charge is 0.354 e. The number of methoxy groups -OCH3 is 2. The fraction of sp³-hybridized carbons (Fsp3) is 0.435. The number of hydrogen-bond acceptors (Lipinski definition) is 5. The standard InChI is InChI=1S/C23H30N2O5/c1-8-13-25(22(27)17-9-11-18(29-6)12-10-17)16(4)21(26)19-14(2)20(23(28)30-7)24(5)15(19)3/h9-12,16H,8,13H2,1-7H3. The highest BCUT2D eigenvalue weighted by Gasteiger charge is 2.32. The minimum absolute atomic E-state index is 0.203. The van der Waals surface area contributed by atoms with E-state index in [0.717, 1.165) is 0 Å². The van der Waals surface area contributed by atoms with Gasteiger partial charge in [-0.15, -0.1) is 0 Å². The summed E-state index contributed by atoms with van der Waals surface area (Å²) in [7, 11) is 4.60. The molecule has 1 aromatic heterocycles. The summed E-state index contributed by atoms with van der Waals surface area (Å²) in [6.07, 6.45) is 0.708. The van der Waals surface area contributed by atoms with Gasteiger partial charge in [0.25, 0.3) is 5.91 Å². The molecule has 2 rings (SSSR count). The third-order valence-electron chi connectivity index (χ3n) is 5.46. The molecule has 0 bridgehead atoms. The van der Waals surface area contributed by atoms with Crippen LogP contribution in [0, 0.1) is 13.8 Å². The third kappa shape index (κ3) is 4.25. The van der Waals surface area contributed by atoms with Crippen LogP contribution in [0.4, 0.5) is 0 Å². The number of hydrogen-bond donors (Lipinski definition) is 0. The average Bonchev–Trinajstić information content (AvgIpc) is 2.98. The highest BCUT2D eigenvalue weighted by molar-refractivity contribution is 6.07. The number of benzene rings is 1. The van der Waals surface area contributed by atoms with Gasteiger partial charge in [0.05, 0.1) is 20.3 Å². The van der Waals surface area contributed by atoms with Gasteiger partial charge in [-0.05, 0) is 57.0 Å². The molecular weight excluding hydrogens is 384 g/mol. The number of ketones is 1. The van der Waals surface area contributed by atoms with Crippen LogP contribution in [0.5, 0.6) is 5.75 Å². The van der Waals surface area contributed by atoms with Gasteiger partial charge in [-0.25, -0.2) is 4.79 Å². The van der Waals surface area contributed by atoms with Gasteiger partial charge in [-0.2, -0.15) is 0 Å². The van der Waals surface area contributed by atoms with E-state index in [1.165, 1.54) is 7.11 Å². The van der Waals surface area contributed by atoms with E-state index >= 15 is 0 Å². The molecule has 0 aliphatic rings. The van der Waals surface area contributed by atoms with Crippen LogP contribution < -0.4 is 4.74 Å². The van der Waals surface area contributed by atoms with Gasteiger partial charge in [-0.3, -0.25) is 9.59 Å².